The maximum absolute atomic E-state index is 10.6. The van der Waals surface area contributed by atoms with Crippen molar-refractivity contribution in [3.63, 3.8) is 0 Å². The molecule has 3 aliphatic rings. The molecule has 1 saturated carbocycles. The van der Waals surface area contributed by atoms with E-state index in [0.29, 0.717) is 11.8 Å². The summed E-state index contributed by atoms with van der Waals surface area (Å²) >= 11 is 0. The second-order valence-corrected chi connectivity index (χ2v) is 6.70. The quantitative estimate of drug-likeness (QED) is 0.847. The molecular formula is C18H19NO. The molecule has 20 heavy (non-hydrogen) atoms. The SMILES string of the molecule is CC1(C)[C@@H]2C[C@H]1c1ccc(-c3ccccc3)nc1[C@@H]2O. The first-order valence-electron chi connectivity index (χ1n) is 7.33. The molecule has 1 fully saturated rings. The van der Waals surface area contributed by atoms with Crippen molar-refractivity contribution in [3.8, 4) is 11.3 Å². The number of rotatable bonds is 1. The highest BCUT2D eigenvalue weighted by atomic mass is 16.3. The molecule has 102 valence electrons. The van der Waals surface area contributed by atoms with Crippen LogP contribution >= 0.6 is 0 Å². The van der Waals surface area contributed by atoms with Gasteiger partial charge in [0.05, 0.1) is 17.5 Å². The zero-order chi connectivity index (χ0) is 13.9. The van der Waals surface area contributed by atoms with Gasteiger partial charge in [-0.15, -0.1) is 0 Å². The summed E-state index contributed by atoms with van der Waals surface area (Å²) in [5.41, 5.74) is 4.45. The third kappa shape index (κ3) is 1.46. The summed E-state index contributed by atoms with van der Waals surface area (Å²) < 4.78 is 0. The lowest BCUT2D eigenvalue weighted by atomic mass is 9.47. The number of aromatic nitrogens is 1. The van der Waals surface area contributed by atoms with Gasteiger partial charge in [0.15, 0.2) is 0 Å². The number of aliphatic hydroxyl groups is 1. The van der Waals surface area contributed by atoms with Crippen molar-refractivity contribution < 1.29 is 5.11 Å². The largest absolute Gasteiger partial charge is 0.386 e. The van der Waals surface area contributed by atoms with Crippen LogP contribution in [-0.2, 0) is 0 Å². The molecule has 0 unspecified atom stereocenters. The van der Waals surface area contributed by atoms with Gasteiger partial charge in [0.2, 0.25) is 0 Å². The van der Waals surface area contributed by atoms with E-state index in [1.165, 1.54) is 5.56 Å². The minimum absolute atomic E-state index is 0.211. The lowest BCUT2D eigenvalue weighted by Crippen LogP contribution is -2.50. The maximum Gasteiger partial charge on any atom is 0.0996 e. The van der Waals surface area contributed by atoms with E-state index in [2.05, 4.69) is 38.1 Å². The lowest BCUT2D eigenvalue weighted by molar-refractivity contribution is -0.0836. The number of aliphatic hydroxyl groups excluding tert-OH is 1. The van der Waals surface area contributed by atoms with E-state index in [4.69, 9.17) is 4.98 Å². The monoisotopic (exact) mass is 265 g/mol. The van der Waals surface area contributed by atoms with E-state index in [-0.39, 0.29) is 5.41 Å². The molecule has 2 aromatic rings. The predicted molar refractivity (Wildman–Crippen MR) is 79.3 cm³/mol. The van der Waals surface area contributed by atoms with Crippen LogP contribution in [0.1, 0.15) is 43.5 Å². The summed E-state index contributed by atoms with van der Waals surface area (Å²) in [5.74, 6) is 0.918. The summed E-state index contributed by atoms with van der Waals surface area (Å²) in [7, 11) is 0. The van der Waals surface area contributed by atoms with Gasteiger partial charge in [-0.2, -0.15) is 0 Å². The predicted octanol–water partition coefficient (Wildman–Crippen LogP) is 3.93. The molecule has 3 atom stereocenters. The average molecular weight is 265 g/mol. The van der Waals surface area contributed by atoms with Crippen LogP contribution in [0.3, 0.4) is 0 Å². The van der Waals surface area contributed by atoms with E-state index in [0.717, 1.165) is 23.4 Å². The second kappa shape index (κ2) is 3.92. The van der Waals surface area contributed by atoms with Crippen LogP contribution in [0.4, 0.5) is 0 Å². The summed E-state index contributed by atoms with van der Waals surface area (Å²) in [6, 6.07) is 14.4. The van der Waals surface area contributed by atoms with Crippen molar-refractivity contribution in [3.05, 3.63) is 53.7 Å². The van der Waals surface area contributed by atoms with Gasteiger partial charge in [0.25, 0.3) is 0 Å². The van der Waals surface area contributed by atoms with E-state index < -0.39 is 6.10 Å². The van der Waals surface area contributed by atoms with Crippen molar-refractivity contribution >= 4 is 0 Å². The number of nitrogens with zero attached hydrogens (tertiary/aromatic N) is 1. The molecule has 2 heteroatoms. The normalized spacial score (nSPS) is 29.4. The zero-order valence-electron chi connectivity index (χ0n) is 11.9. The molecule has 2 nitrogen and oxygen atoms in total. The lowest BCUT2D eigenvalue weighted by Gasteiger charge is -2.58. The Morgan fingerprint density at radius 2 is 1.85 bits per heavy atom. The summed E-state index contributed by atoms with van der Waals surface area (Å²) in [6.45, 7) is 4.53. The molecule has 0 aliphatic heterocycles. The molecule has 0 spiro atoms. The minimum atomic E-state index is -0.409. The molecule has 0 radical (unpaired) electrons. The molecule has 0 amide bonds. The number of hydrogen-bond donors (Lipinski definition) is 1. The van der Waals surface area contributed by atoms with Crippen LogP contribution in [0.5, 0.6) is 0 Å². The highest BCUT2D eigenvalue weighted by Crippen LogP contribution is 2.65. The summed E-state index contributed by atoms with van der Waals surface area (Å²) in [4.78, 5) is 4.76. The Labute approximate surface area is 119 Å². The van der Waals surface area contributed by atoms with Crippen molar-refractivity contribution in [1.29, 1.82) is 0 Å². The van der Waals surface area contributed by atoms with Crippen molar-refractivity contribution in [2.75, 3.05) is 0 Å². The highest BCUT2D eigenvalue weighted by Gasteiger charge is 2.57. The Morgan fingerprint density at radius 1 is 1.10 bits per heavy atom. The van der Waals surface area contributed by atoms with E-state index in [1.54, 1.807) is 0 Å². The van der Waals surface area contributed by atoms with Crippen molar-refractivity contribution in [2.24, 2.45) is 11.3 Å². The van der Waals surface area contributed by atoms with Gasteiger partial charge in [-0.3, -0.25) is 0 Å². The number of hydrogen-bond acceptors (Lipinski definition) is 2. The first-order chi connectivity index (χ1) is 9.59. The van der Waals surface area contributed by atoms with Gasteiger partial charge >= 0.3 is 0 Å². The molecular weight excluding hydrogens is 246 g/mol. The van der Waals surface area contributed by atoms with Gasteiger partial charge in [-0.25, -0.2) is 4.98 Å². The number of pyridine rings is 1. The fraction of sp³-hybridized carbons (Fsp3) is 0.389. The van der Waals surface area contributed by atoms with Crippen LogP contribution in [0, 0.1) is 11.3 Å². The Bertz CT molecular complexity index is 662. The van der Waals surface area contributed by atoms with Gasteiger partial charge in [0.1, 0.15) is 0 Å². The number of benzene rings is 1. The first-order valence-corrected chi connectivity index (χ1v) is 7.33. The Morgan fingerprint density at radius 3 is 2.55 bits per heavy atom. The Balaban J connectivity index is 1.82. The molecule has 1 heterocycles. The van der Waals surface area contributed by atoms with Crippen LogP contribution in [0.15, 0.2) is 42.5 Å². The third-order valence-electron chi connectivity index (χ3n) is 5.41. The van der Waals surface area contributed by atoms with Gasteiger partial charge in [-0.1, -0.05) is 50.2 Å². The van der Waals surface area contributed by atoms with E-state index >= 15 is 0 Å². The van der Waals surface area contributed by atoms with Crippen LogP contribution < -0.4 is 0 Å². The minimum Gasteiger partial charge on any atom is -0.386 e. The molecule has 1 aromatic carbocycles. The van der Waals surface area contributed by atoms with Crippen molar-refractivity contribution in [2.45, 2.75) is 32.3 Å². The third-order valence-corrected chi connectivity index (χ3v) is 5.41. The van der Waals surface area contributed by atoms with Gasteiger partial charge in [0, 0.05) is 5.56 Å². The average Bonchev–Trinajstić information content (AvgIpc) is 2.47. The molecule has 3 aliphatic carbocycles. The topological polar surface area (TPSA) is 33.1 Å². The maximum atomic E-state index is 10.6. The Hall–Kier alpha value is -1.67. The highest BCUT2D eigenvalue weighted by molar-refractivity contribution is 5.60. The summed E-state index contributed by atoms with van der Waals surface area (Å²) in [6.07, 6.45) is 0.696. The Kier molecular flexibility index (Phi) is 2.37. The first kappa shape index (κ1) is 12.1. The molecule has 1 N–H and O–H groups in total. The van der Waals surface area contributed by atoms with Crippen LogP contribution in [-0.4, -0.2) is 10.1 Å². The standard InChI is InChI=1S/C18H19NO/c1-18(2)13-10-14(18)17(20)16-12(13)8-9-15(19-16)11-6-4-3-5-7-11/h3-9,13-14,17,20H,10H2,1-2H3/t13-,14+,17+/m0/s1. The van der Waals surface area contributed by atoms with Crippen LogP contribution in [0.25, 0.3) is 11.3 Å². The summed E-state index contributed by atoms with van der Waals surface area (Å²) in [5, 5.41) is 10.6. The van der Waals surface area contributed by atoms with Gasteiger partial charge < -0.3 is 5.11 Å². The van der Waals surface area contributed by atoms with Crippen molar-refractivity contribution in [1.82, 2.24) is 4.98 Å². The molecule has 0 saturated heterocycles. The molecule has 2 bridgehead atoms. The fourth-order valence-electron chi connectivity index (χ4n) is 4.00. The smallest absolute Gasteiger partial charge is 0.0996 e. The fourth-order valence-corrected chi connectivity index (χ4v) is 4.00. The molecule has 1 aromatic heterocycles. The van der Waals surface area contributed by atoms with Gasteiger partial charge in [-0.05, 0) is 35.3 Å². The van der Waals surface area contributed by atoms with Crippen LogP contribution in [0.2, 0.25) is 0 Å². The van der Waals surface area contributed by atoms with E-state index in [1.807, 2.05) is 18.2 Å². The zero-order valence-corrected chi connectivity index (χ0v) is 11.9. The van der Waals surface area contributed by atoms with E-state index in [9.17, 15) is 5.11 Å². The second-order valence-electron chi connectivity index (χ2n) is 6.70. The molecule has 5 rings (SSSR count).